The maximum absolute atomic E-state index is 4.71. The largest absolute Gasteiger partial charge is 0.317 e. The first-order chi connectivity index (χ1) is 14.2. The molecule has 3 unspecified atom stereocenters. The number of unbranched alkanes of at least 4 members (excludes halogenated alkanes) is 9. The average molecular weight is 406 g/mol. The highest BCUT2D eigenvalue weighted by atomic mass is 14.8. The summed E-state index contributed by atoms with van der Waals surface area (Å²) in [7, 11) is 0. The number of rotatable bonds is 21. The fourth-order valence-electron chi connectivity index (χ4n) is 5.17. The van der Waals surface area contributed by atoms with Crippen LogP contribution in [0, 0.1) is 17.8 Å². The summed E-state index contributed by atoms with van der Waals surface area (Å²) in [6.07, 6.45) is 25.3. The van der Waals surface area contributed by atoms with Gasteiger partial charge in [0.05, 0.1) is 0 Å². The Morgan fingerprint density at radius 3 is 1.93 bits per heavy atom. The van der Waals surface area contributed by atoms with E-state index in [1.54, 1.807) is 5.57 Å². The van der Waals surface area contributed by atoms with E-state index in [1.165, 1.54) is 129 Å². The van der Waals surface area contributed by atoms with Gasteiger partial charge in [-0.25, -0.2) is 0 Å². The average Bonchev–Trinajstić information content (AvgIpc) is 2.70. The monoisotopic (exact) mass is 405 g/mol. The van der Waals surface area contributed by atoms with Crippen molar-refractivity contribution in [3.05, 3.63) is 12.2 Å². The summed E-state index contributed by atoms with van der Waals surface area (Å²) in [4.78, 5) is 0. The molecule has 0 bridgehead atoms. The molecule has 1 aliphatic rings. The van der Waals surface area contributed by atoms with E-state index in [0.29, 0.717) is 0 Å². The molecule has 1 rings (SSSR count). The predicted octanol–water partition coefficient (Wildman–Crippen LogP) is 9.08. The molecular weight excluding hydrogens is 350 g/mol. The highest BCUT2D eigenvalue weighted by molar-refractivity contribution is 5.11. The Kier molecular flexibility index (Phi) is 17.0. The van der Waals surface area contributed by atoms with E-state index >= 15 is 0 Å². The standard InChI is InChI=1S/C28H55N/c1-5-8-10-12-14-18-26(19-16-17-24-29-23-7-3)25(4)28-22-21-27(28)20-15-13-11-9-6-2/h26-29H,4-24H2,1-3H3. The minimum Gasteiger partial charge on any atom is -0.317 e. The quantitative estimate of drug-likeness (QED) is 0.148. The first-order valence-electron chi connectivity index (χ1n) is 13.6. The Labute approximate surface area is 184 Å². The highest BCUT2D eigenvalue weighted by Gasteiger charge is 2.34. The van der Waals surface area contributed by atoms with Crippen molar-refractivity contribution in [2.75, 3.05) is 13.1 Å². The number of hydrogen-bond donors (Lipinski definition) is 1. The molecule has 0 heterocycles. The lowest BCUT2D eigenvalue weighted by molar-refractivity contribution is 0.177. The molecule has 0 aromatic carbocycles. The zero-order chi connectivity index (χ0) is 21.2. The molecule has 1 aliphatic carbocycles. The van der Waals surface area contributed by atoms with Crippen molar-refractivity contribution in [3.63, 3.8) is 0 Å². The Balaban J connectivity index is 2.37. The maximum atomic E-state index is 4.71. The lowest BCUT2D eigenvalue weighted by atomic mass is 9.64. The maximum Gasteiger partial charge on any atom is -0.00489 e. The summed E-state index contributed by atoms with van der Waals surface area (Å²) in [5.74, 6) is 2.63. The molecule has 0 spiro atoms. The molecule has 0 aromatic rings. The molecule has 0 radical (unpaired) electrons. The third kappa shape index (κ3) is 12.2. The van der Waals surface area contributed by atoms with Gasteiger partial charge in [0.1, 0.15) is 0 Å². The zero-order valence-corrected chi connectivity index (χ0v) is 20.6. The van der Waals surface area contributed by atoms with Gasteiger partial charge in [0.25, 0.3) is 0 Å². The van der Waals surface area contributed by atoms with Crippen molar-refractivity contribution in [1.29, 1.82) is 0 Å². The van der Waals surface area contributed by atoms with Crippen molar-refractivity contribution < 1.29 is 0 Å². The summed E-state index contributed by atoms with van der Waals surface area (Å²) in [6, 6.07) is 0. The fraction of sp³-hybridized carbons (Fsp3) is 0.929. The van der Waals surface area contributed by atoms with Crippen molar-refractivity contribution in [1.82, 2.24) is 5.32 Å². The van der Waals surface area contributed by atoms with Crippen LogP contribution in [0.15, 0.2) is 12.2 Å². The van der Waals surface area contributed by atoms with Crippen LogP contribution in [-0.4, -0.2) is 13.1 Å². The van der Waals surface area contributed by atoms with E-state index in [9.17, 15) is 0 Å². The molecule has 0 amide bonds. The molecular formula is C28H55N. The second-order valence-corrected chi connectivity index (χ2v) is 9.87. The van der Waals surface area contributed by atoms with E-state index in [1.807, 2.05) is 0 Å². The first kappa shape index (κ1) is 26.7. The fourth-order valence-corrected chi connectivity index (χ4v) is 5.17. The van der Waals surface area contributed by atoms with Gasteiger partial charge in [-0.2, -0.15) is 0 Å². The van der Waals surface area contributed by atoms with Gasteiger partial charge in [-0.3, -0.25) is 0 Å². The summed E-state index contributed by atoms with van der Waals surface area (Å²) < 4.78 is 0. The molecule has 1 nitrogen and oxygen atoms in total. The normalized spacial score (nSPS) is 19.8. The topological polar surface area (TPSA) is 12.0 Å². The summed E-state index contributed by atoms with van der Waals surface area (Å²) >= 11 is 0. The summed E-state index contributed by atoms with van der Waals surface area (Å²) in [5, 5.41) is 3.57. The Morgan fingerprint density at radius 1 is 0.724 bits per heavy atom. The van der Waals surface area contributed by atoms with Gasteiger partial charge < -0.3 is 5.32 Å². The van der Waals surface area contributed by atoms with E-state index < -0.39 is 0 Å². The van der Waals surface area contributed by atoms with Gasteiger partial charge in [-0.05, 0) is 75.8 Å². The Bertz CT molecular complexity index is 375. The molecule has 29 heavy (non-hydrogen) atoms. The molecule has 172 valence electrons. The lowest BCUT2D eigenvalue weighted by Crippen LogP contribution is -2.30. The number of allylic oxidation sites excluding steroid dienone is 1. The van der Waals surface area contributed by atoms with Gasteiger partial charge >= 0.3 is 0 Å². The van der Waals surface area contributed by atoms with Crippen molar-refractivity contribution >= 4 is 0 Å². The minimum absolute atomic E-state index is 0.802. The lowest BCUT2D eigenvalue weighted by Gasteiger charge is -2.41. The van der Waals surface area contributed by atoms with Crippen molar-refractivity contribution in [2.24, 2.45) is 17.8 Å². The van der Waals surface area contributed by atoms with Gasteiger partial charge in [0.15, 0.2) is 0 Å². The highest BCUT2D eigenvalue weighted by Crippen LogP contribution is 2.46. The van der Waals surface area contributed by atoms with Crippen LogP contribution in [0.1, 0.15) is 136 Å². The van der Waals surface area contributed by atoms with Crippen molar-refractivity contribution in [2.45, 2.75) is 136 Å². The van der Waals surface area contributed by atoms with Crippen molar-refractivity contribution in [3.8, 4) is 0 Å². The molecule has 1 fully saturated rings. The number of hydrogen-bond acceptors (Lipinski definition) is 1. The van der Waals surface area contributed by atoms with Crippen LogP contribution in [0.3, 0.4) is 0 Å². The Hall–Kier alpha value is -0.300. The molecule has 3 atom stereocenters. The first-order valence-corrected chi connectivity index (χ1v) is 13.6. The summed E-state index contributed by atoms with van der Waals surface area (Å²) in [6.45, 7) is 14.0. The molecule has 1 N–H and O–H groups in total. The van der Waals surface area contributed by atoms with Crippen LogP contribution >= 0.6 is 0 Å². The van der Waals surface area contributed by atoms with Gasteiger partial charge in [0.2, 0.25) is 0 Å². The van der Waals surface area contributed by atoms with E-state index in [4.69, 9.17) is 6.58 Å². The Morgan fingerprint density at radius 2 is 1.34 bits per heavy atom. The predicted molar refractivity (Wildman–Crippen MR) is 133 cm³/mol. The second-order valence-electron chi connectivity index (χ2n) is 9.87. The van der Waals surface area contributed by atoms with Crippen LogP contribution in [0.4, 0.5) is 0 Å². The van der Waals surface area contributed by atoms with Gasteiger partial charge in [-0.1, -0.05) is 104 Å². The second kappa shape index (κ2) is 18.5. The van der Waals surface area contributed by atoms with E-state index in [-0.39, 0.29) is 0 Å². The van der Waals surface area contributed by atoms with Crippen LogP contribution < -0.4 is 5.32 Å². The molecule has 0 aromatic heterocycles. The number of nitrogens with one attached hydrogen (secondary N) is 1. The SMILES string of the molecule is C=C(C(CCCCCCC)CCCCNCCC)C1CCC1CCCCCCC. The van der Waals surface area contributed by atoms with Crippen LogP contribution in [-0.2, 0) is 0 Å². The zero-order valence-electron chi connectivity index (χ0n) is 20.6. The van der Waals surface area contributed by atoms with Crippen LogP contribution in [0.5, 0.6) is 0 Å². The smallest absolute Gasteiger partial charge is 0.00489 e. The molecule has 0 aliphatic heterocycles. The van der Waals surface area contributed by atoms with Crippen LogP contribution in [0.25, 0.3) is 0 Å². The van der Waals surface area contributed by atoms with E-state index in [0.717, 1.165) is 17.8 Å². The van der Waals surface area contributed by atoms with Crippen LogP contribution in [0.2, 0.25) is 0 Å². The third-order valence-corrected chi connectivity index (χ3v) is 7.34. The third-order valence-electron chi connectivity index (χ3n) is 7.34. The van der Waals surface area contributed by atoms with E-state index in [2.05, 4.69) is 26.1 Å². The van der Waals surface area contributed by atoms with Gasteiger partial charge in [0, 0.05) is 0 Å². The molecule has 1 heteroatoms. The van der Waals surface area contributed by atoms with Gasteiger partial charge in [-0.15, -0.1) is 0 Å². The summed E-state index contributed by atoms with van der Waals surface area (Å²) in [5.41, 5.74) is 1.66. The molecule has 1 saturated carbocycles. The minimum atomic E-state index is 0.802. The molecule has 0 saturated heterocycles.